The number of amides is 1. The average Bonchev–Trinajstić information content (AvgIpc) is 3.19. The van der Waals surface area contributed by atoms with E-state index in [4.69, 9.17) is 4.99 Å². The fraction of sp³-hybridized carbons (Fsp3) is 0.619. The van der Waals surface area contributed by atoms with E-state index in [-0.39, 0.29) is 16.6 Å². The van der Waals surface area contributed by atoms with Crippen LogP contribution in [0.25, 0.3) is 0 Å². The van der Waals surface area contributed by atoms with Gasteiger partial charge in [0.15, 0.2) is 5.96 Å². The molecule has 1 aromatic carbocycles. The molecule has 0 radical (unpaired) electrons. The molecule has 1 saturated carbocycles. The Morgan fingerprint density at radius 1 is 1.26 bits per heavy atom. The first kappa shape index (κ1) is 21.6. The van der Waals surface area contributed by atoms with Crippen LogP contribution in [0, 0.1) is 5.92 Å². The van der Waals surface area contributed by atoms with Gasteiger partial charge in [0.1, 0.15) is 0 Å². The van der Waals surface area contributed by atoms with Crippen LogP contribution in [0.1, 0.15) is 52.0 Å². The first-order valence-electron chi connectivity index (χ1n) is 9.90. The molecule has 3 N–H and O–H groups in total. The molecule has 0 unspecified atom stereocenters. The van der Waals surface area contributed by atoms with E-state index < -0.39 is 0 Å². The van der Waals surface area contributed by atoms with Gasteiger partial charge >= 0.3 is 0 Å². The van der Waals surface area contributed by atoms with Gasteiger partial charge < -0.3 is 16.0 Å². The number of benzene rings is 1. The number of thioether (sulfide) groups is 1. The standard InChI is InChI=1S/C21H34N4OS/c1-5-22-20(24-15-21(2,3)27-4)23-14-16-9-8-12-18(13-16)25-19(26)17-10-6-7-11-17/h8-9,12-13,17H,5-7,10-11,14-15H2,1-4H3,(H,25,26)(H2,22,23,24). The maximum atomic E-state index is 12.3. The molecule has 1 aromatic rings. The van der Waals surface area contributed by atoms with Gasteiger partial charge in [-0.25, -0.2) is 4.99 Å². The van der Waals surface area contributed by atoms with Gasteiger partial charge in [-0.1, -0.05) is 25.0 Å². The van der Waals surface area contributed by atoms with E-state index in [0.29, 0.717) is 6.54 Å². The topological polar surface area (TPSA) is 65.5 Å². The second kappa shape index (κ2) is 10.6. The van der Waals surface area contributed by atoms with Crippen molar-refractivity contribution < 1.29 is 4.79 Å². The second-order valence-electron chi connectivity index (χ2n) is 7.68. The first-order chi connectivity index (χ1) is 12.9. The molecule has 27 heavy (non-hydrogen) atoms. The summed E-state index contributed by atoms with van der Waals surface area (Å²) in [5, 5.41) is 9.78. The summed E-state index contributed by atoms with van der Waals surface area (Å²) in [7, 11) is 0. The molecule has 6 heteroatoms. The Kier molecular flexibility index (Phi) is 8.48. The van der Waals surface area contributed by atoms with Crippen LogP contribution in [0.5, 0.6) is 0 Å². The molecule has 1 aliphatic carbocycles. The number of anilines is 1. The summed E-state index contributed by atoms with van der Waals surface area (Å²) in [6.45, 7) is 8.73. The Labute approximate surface area is 168 Å². The van der Waals surface area contributed by atoms with Crippen molar-refractivity contribution in [3.05, 3.63) is 29.8 Å². The van der Waals surface area contributed by atoms with Gasteiger partial charge in [-0.15, -0.1) is 0 Å². The lowest BCUT2D eigenvalue weighted by molar-refractivity contribution is -0.119. The first-order valence-corrected chi connectivity index (χ1v) is 11.1. The van der Waals surface area contributed by atoms with Crippen molar-refractivity contribution >= 4 is 29.3 Å². The number of hydrogen-bond acceptors (Lipinski definition) is 3. The molecule has 1 amide bonds. The van der Waals surface area contributed by atoms with Gasteiger partial charge in [0.2, 0.25) is 5.91 Å². The number of carbonyl (C=O) groups excluding carboxylic acids is 1. The molecule has 1 aliphatic rings. The van der Waals surface area contributed by atoms with Gasteiger partial charge in [-0.3, -0.25) is 4.79 Å². The molecule has 2 rings (SSSR count). The molecule has 0 atom stereocenters. The average molecular weight is 391 g/mol. The van der Waals surface area contributed by atoms with Crippen molar-refractivity contribution in [2.45, 2.75) is 57.7 Å². The molecule has 0 heterocycles. The molecule has 5 nitrogen and oxygen atoms in total. The normalized spacial score (nSPS) is 15.6. The predicted octanol–water partition coefficient (Wildman–Crippen LogP) is 4.01. The minimum atomic E-state index is 0.153. The summed E-state index contributed by atoms with van der Waals surface area (Å²) >= 11 is 1.83. The predicted molar refractivity (Wildman–Crippen MR) is 117 cm³/mol. The van der Waals surface area contributed by atoms with Crippen LogP contribution >= 0.6 is 11.8 Å². The Hall–Kier alpha value is -1.69. The summed E-state index contributed by atoms with van der Waals surface area (Å²) in [4.78, 5) is 17.0. The lowest BCUT2D eigenvalue weighted by atomic mass is 10.1. The zero-order valence-corrected chi connectivity index (χ0v) is 17.9. The number of rotatable bonds is 8. The fourth-order valence-corrected chi connectivity index (χ4v) is 3.28. The van der Waals surface area contributed by atoms with E-state index in [9.17, 15) is 4.79 Å². The highest BCUT2D eigenvalue weighted by Crippen LogP contribution is 2.26. The zero-order valence-electron chi connectivity index (χ0n) is 17.1. The third kappa shape index (κ3) is 7.45. The SMILES string of the molecule is CCNC(=NCc1cccc(NC(=O)C2CCCC2)c1)NCC(C)(C)SC. The molecule has 0 saturated heterocycles. The minimum Gasteiger partial charge on any atom is -0.357 e. The molecule has 150 valence electrons. The van der Waals surface area contributed by atoms with Crippen LogP contribution in [0.15, 0.2) is 29.3 Å². The van der Waals surface area contributed by atoms with Crippen molar-refractivity contribution in [3.63, 3.8) is 0 Å². The highest BCUT2D eigenvalue weighted by atomic mass is 32.2. The number of nitrogens with zero attached hydrogens (tertiary/aromatic N) is 1. The van der Waals surface area contributed by atoms with Crippen LogP contribution in [0.2, 0.25) is 0 Å². The fourth-order valence-electron chi connectivity index (χ4n) is 3.06. The summed E-state index contributed by atoms with van der Waals surface area (Å²) in [5.41, 5.74) is 1.95. The highest BCUT2D eigenvalue weighted by molar-refractivity contribution is 7.99. The Morgan fingerprint density at radius 2 is 2.00 bits per heavy atom. The van der Waals surface area contributed by atoms with Gasteiger partial charge in [0.05, 0.1) is 6.54 Å². The molecule has 0 bridgehead atoms. The van der Waals surface area contributed by atoms with E-state index in [1.165, 1.54) is 12.8 Å². The van der Waals surface area contributed by atoms with Crippen LogP contribution in [0.4, 0.5) is 5.69 Å². The second-order valence-corrected chi connectivity index (χ2v) is 9.20. The van der Waals surface area contributed by atoms with E-state index in [2.05, 4.69) is 43.0 Å². The molecule has 0 spiro atoms. The quantitative estimate of drug-likeness (QED) is 0.463. The van der Waals surface area contributed by atoms with E-state index in [1.807, 2.05) is 36.0 Å². The number of nitrogens with one attached hydrogen (secondary N) is 3. The third-order valence-corrected chi connectivity index (χ3v) is 6.17. The highest BCUT2D eigenvalue weighted by Gasteiger charge is 2.22. The van der Waals surface area contributed by atoms with E-state index in [1.54, 1.807) is 0 Å². The monoisotopic (exact) mass is 390 g/mol. The van der Waals surface area contributed by atoms with Crippen molar-refractivity contribution in [2.24, 2.45) is 10.9 Å². The van der Waals surface area contributed by atoms with Crippen LogP contribution in [-0.4, -0.2) is 36.0 Å². The number of guanidine groups is 1. The summed E-state index contributed by atoms with van der Waals surface area (Å²) in [6.07, 6.45) is 6.48. The van der Waals surface area contributed by atoms with Crippen LogP contribution < -0.4 is 16.0 Å². The third-order valence-electron chi connectivity index (χ3n) is 4.92. The van der Waals surface area contributed by atoms with Crippen molar-refractivity contribution in [1.29, 1.82) is 0 Å². The zero-order chi connectivity index (χ0) is 19.7. The molecule has 0 aliphatic heterocycles. The smallest absolute Gasteiger partial charge is 0.227 e. The maximum Gasteiger partial charge on any atom is 0.227 e. The van der Waals surface area contributed by atoms with Crippen molar-refractivity contribution in [1.82, 2.24) is 10.6 Å². The van der Waals surface area contributed by atoms with E-state index >= 15 is 0 Å². The maximum absolute atomic E-state index is 12.3. The molecular weight excluding hydrogens is 356 g/mol. The summed E-state index contributed by atoms with van der Waals surface area (Å²) in [6, 6.07) is 7.99. The minimum absolute atomic E-state index is 0.153. The number of carbonyl (C=O) groups is 1. The van der Waals surface area contributed by atoms with Gasteiger partial charge in [0, 0.05) is 29.4 Å². The molecular formula is C21H34N4OS. The Morgan fingerprint density at radius 3 is 2.67 bits per heavy atom. The Bertz CT molecular complexity index is 639. The van der Waals surface area contributed by atoms with Gasteiger partial charge in [-0.2, -0.15) is 11.8 Å². The number of aliphatic imine (C=N–C) groups is 1. The van der Waals surface area contributed by atoms with Crippen molar-refractivity contribution in [3.8, 4) is 0 Å². The van der Waals surface area contributed by atoms with Gasteiger partial charge in [0.25, 0.3) is 0 Å². The Balaban J connectivity index is 1.95. The molecule has 1 fully saturated rings. The summed E-state index contributed by atoms with van der Waals surface area (Å²) in [5.74, 6) is 1.15. The van der Waals surface area contributed by atoms with E-state index in [0.717, 1.165) is 43.1 Å². The van der Waals surface area contributed by atoms with Crippen LogP contribution in [-0.2, 0) is 11.3 Å². The molecule has 0 aromatic heterocycles. The number of hydrogen-bond donors (Lipinski definition) is 3. The van der Waals surface area contributed by atoms with Gasteiger partial charge in [-0.05, 0) is 57.6 Å². The van der Waals surface area contributed by atoms with Crippen molar-refractivity contribution in [2.75, 3.05) is 24.7 Å². The lowest BCUT2D eigenvalue weighted by Gasteiger charge is -2.23. The summed E-state index contributed by atoms with van der Waals surface area (Å²) < 4.78 is 0.153. The largest absolute Gasteiger partial charge is 0.357 e. The van der Waals surface area contributed by atoms with Crippen LogP contribution in [0.3, 0.4) is 0 Å². The lowest BCUT2D eigenvalue weighted by Crippen LogP contribution is -2.43.